The van der Waals surface area contributed by atoms with Crippen LogP contribution in [0.1, 0.15) is 30.6 Å². The second kappa shape index (κ2) is 8.99. The predicted octanol–water partition coefficient (Wildman–Crippen LogP) is 1.37. The van der Waals surface area contributed by atoms with E-state index in [-0.39, 0.29) is 11.8 Å². The van der Waals surface area contributed by atoms with Gasteiger partial charge in [0.25, 0.3) is 5.91 Å². The fourth-order valence-electron chi connectivity index (χ4n) is 1.85. The fourth-order valence-corrected chi connectivity index (χ4v) is 1.85. The maximum Gasteiger partial charge on any atom is 0.326 e. The van der Waals surface area contributed by atoms with E-state index in [9.17, 15) is 14.7 Å². The van der Waals surface area contributed by atoms with Crippen LogP contribution in [-0.4, -0.2) is 48.3 Å². The first-order valence-electron chi connectivity index (χ1n) is 7.16. The zero-order valence-corrected chi connectivity index (χ0v) is 13.1. The Kier molecular flexibility index (Phi) is 7.31. The average molecular weight is 309 g/mol. The number of carbonyl (C=O) groups is 2. The normalized spacial score (nSPS) is 12.0. The van der Waals surface area contributed by atoms with Gasteiger partial charge in [-0.05, 0) is 24.5 Å². The number of carboxylic acids is 1. The number of aromatic nitrogens is 1. The predicted molar refractivity (Wildman–Crippen MR) is 82.9 cm³/mol. The molecule has 7 heteroatoms. The highest BCUT2D eigenvalue weighted by molar-refractivity contribution is 5.94. The average Bonchev–Trinajstić information content (AvgIpc) is 2.47. The molecule has 0 aromatic carbocycles. The van der Waals surface area contributed by atoms with Crippen LogP contribution in [0.25, 0.3) is 0 Å². The van der Waals surface area contributed by atoms with Crippen LogP contribution < -0.4 is 10.6 Å². The molecule has 0 fully saturated rings. The third kappa shape index (κ3) is 6.09. The van der Waals surface area contributed by atoms with Gasteiger partial charge >= 0.3 is 5.97 Å². The topological polar surface area (TPSA) is 101 Å². The number of carbonyl (C=O) groups excluding carboxylic acids is 1. The van der Waals surface area contributed by atoms with Gasteiger partial charge < -0.3 is 20.5 Å². The second-order valence-corrected chi connectivity index (χ2v) is 5.35. The van der Waals surface area contributed by atoms with Crippen LogP contribution in [-0.2, 0) is 9.53 Å². The van der Waals surface area contributed by atoms with E-state index < -0.39 is 12.0 Å². The summed E-state index contributed by atoms with van der Waals surface area (Å²) in [4.78, 5) is 27.1. The molecule has 1 aromatic heterocycles. The van der Waals surface area contributed by atoms with Crippen molar-refractivity contribution in [3.05, 3.63) is 23.9 Å². The van der Waals surface area contributed by atoms with E-state index in [1.165, 1.54) is 6.20 Å². The molecule has 0 saturated heterocycles. The van der Waals surface area contributed by atoms with Gasteiger partial charge in [-0.15, -0.1) is 0 Å². The maximum atomic E-state index is 11.8. The summed E-state index contributed by atoms with van der Waals surface area (Å²) in [6.07, 6.45) is 1.91. The number of nitrogens with zero attached hydrogens (tertiary/aromatic N) is 1. The highest BCUT2D eigenvalue weighted by Gasteiger charge is 2.19. The van der Waals surface area contributed by atoms with Crippen molar-refractivity contribution in [2.24, 2.45) is 5.92 Å². The number of hydrogen-bond acceptors (Lipinski definition) is 5. The molecule has 0 unspecified atom stereocenters. The van der Waals surface area contributed by atoms with Crippen LogP contribution in [0.3, 0.4) is 0 Å². The molecule has 0 aliphatic rings. The van der Waals surface area contributed by atoms with Gasteiger partial charge in [0.05, 0.1) is 12.2 Å². The molecular weight excluding hydrogens is 286 g/mol. The number of rotatable bonds is 9. The van der Waals surface area contributed by atoms with Gasteiger partial charge in [0.1, 0.15) is 11.9 Å². The minimum Gasteiger partial charge on any atom is -0.480 e. The van der Waals surface area contributed by atoms with Crippen molar-refractivity contribution in [2.45, 2.75) is 26.3 Å². The molecule has 0 aliphatic carbocycles. The lowest BCUT2D eigenvalue weighted by atomic mass is 10.0. The second-order valence-electron chi connectivity index (χ2n) is 5.35. The molecule has 0 aliphatic heterocycles. The lowest BCUT2D eigenvalue weighted by molar-refractivity contribution is -0.138. The van der Waals surface area contributed by atoms with Gasteiger partial charge in [-0.2, -0.15) is 0 Å². The molecular formula is C15H23N3O4. The number of ether oxygens (including phenoxy) is 1. The first-order chi connectivity index (χ1) is 10.4. The number of methoxy groups -OCH3 is 1. The van der Waals surface area contributed by atoms with Gasteiger partial charge in [-0.25, -0.2) is 9.78 Å². The molecule has 1 rings (SSSR count). The van der Waals surface area contributed by atoms with Crippen molar-refractivity contribution in [1.82, 2.24) is 10.3 Å². The number of nitrogens with one attached hydrogen (secondary N) is 2. The summed E-state index contributed by atoms with van der Waals surface area (Å²) in [6.45, 7) is 4.77. The maximum absolute atomic E-state index is 11.8. The number of anilines is 1. The lowest BCUT2D eigenvalue weighted by Crippen LogP contribution is -2.31. The summed E-state index contributed by atoms with van der Waals surface area (Å²) in [7, 11) is 1.56. The molecule has 1 heterocycles. The van der Waals surface area contributed by atoms with E-state index >= 15 is 0 Å². The van der Waals surface area contributed by atoms with E-state index in [1.54, 1.807) is 19.2 Å². The van der Waals surface area contributed by atoms with Crippen molar-refractivity contribution in [2.75, 3.05) is 25.6 Å². The van der Waals surface area contributed by atoms with Crippen molar-refractivity contribution in [1.29, 1.82) is 0 Å². The van der Waals surface area contributed by atoms with E-state index in [1.807, 2.05) is 13.8 Å². The smallest absolute Gasteiger partial charge is 0.326 e. The van der Waals surface area contributed by atoms with Gasteiger partial charge in [0.2, 0.25) is 0 Å². The van der Waals surface area contributed by atoms with Crippen molar-refractivity contribution >= 4 is 17.7 Å². The summed E-state index contributed by atoms with van der Waals surface area (Å²) in [6, 6.07) is 2.50. The van der Waals surface area contributed by atoms with Crippen LogP contribution in [0.15, 0.2) is 18.3 Å². The largest absolute Gasteiger partial charge is 0.480 e. The lowest BCUT2D eigenvalue weighted by Gasteiger charge is -2.17. The monoisotopic (exact) mass is 309 g/mol. The summed E-state index contributed by atoms with van der Waals surface area (Å²) in [5, 5.41) is 14.7. The Morgan fingerprint density at radius 2 is 2.09 bits per heavy atom. The number of pyridine rings is 1. The zero-order chi connectivity index (χ0) is 16.5. The van der Waals surface area contributed by atoms with Crippen LogP contribution in [0.2, 0.25) is 0 Å². The highest BCUT2D eigenvalue weighted by atomic mass is 16.5. The molecule has 0 spiro atoms. The van der Waals surface area contributed by atoms with Crippen LogP contribution in [0.4, 0.5) is 5.82 Å². The van der Waals surface area contributed by atoms with Crippen LogP contribution in [0, 0.1) is 5.92 Å². The van der Waals surface area contributed by atoms with Crippen LogP contribution in [0.5, 0.6) is 0 Å². The first-order valence-corrected chi connectivity index (χ1v) is 7.16. The van der Waals surface area contributed by atoms with E-state index in [2.05, 4.69) is 15.6 Å². The van der Waals surface area contributed by atoms with Crippen molar-refractivity contribution in [3.8, 4) is 0 Å². The molecule has 22 heavy (non-hydrogen) atoms. The third-order valence-corrected chi connectivity index (χ3v) is 2.94. The number of carboxylic acid groups (broad SMARTS) is 1. The standard InChI is InChI=1S/C15H23N3O4/c1-10(2)8-12(15(20)21)18-13-5-4-11(9-17-13)14(19)16-6-7-22-3/h4-5,9-10,12H,6-8H2,1-3H3,(H,16,19)(H,17,18)(H,20,21)/t12-/m1/s1. The van der Waals surface area contributed by atoms with E-state index in [0.29, 0.717) is 31.0 Å². The zero-order valence-electron chi connectivity index (χ0n) is 13.1. The first kappa shape index (κ1) is 17.9. The highest BCUT2D eigenvalue weighted by Crippen LogP contribution is 2.12. The molecule has 1 aromatic rings. The molecule has 0 saturated carbocycles. The molecule has 3 N–H and O–H groups in total. The molecule has 1 atom stereocenters. The van der Waals surface area contributed by atoms with Crippen molar-refractivity contribution in [3.63, 3.8) is 0 Å². The summed E-state index contributed by atoms with van der Waals surface area (Å²) in [5.41, 5.74) is 0.414. The number of hydrogen-bond donors (Lipinski definition) is 3. The molecule has 0 radical (unpaired) electrons. The van der Waals surface area contributed by atoms with Gasteiger partial charge in [-0.1, -0.05) is 13.8 Å². The quantitative estimate of drug-likeness (QED) is 0.596. The molecule has 1 amide bonds. The Hall–Kier alpha value is -2.15. The fraction of sp³-hybridized carbons (Fsp3) is 0.533. The minimum absolute atomic E-state index is 0.243. The van der Waals surface area contributed by atoms with Gasteiger partial charge in [0.15, 0.2) is 0 Å². The Morgan fingerprint density at radius 1 is 1.36 bits per heavy atom. The van der Waals surface area contributed by atoms with E-state index in [4.69, 9.17) is 4.74 Å². The molecule has 7 nitrogen and oxygen atoms in total. The SMILES string of the molecule is COCCNC(=O)c1ccc(N[C@H](CC(C)C)C(=O)O)nc1. The van der Waals surface area contributed by atoms with Gasteiger partial charge in [-0.3, -0.25) is 4.79 Å². The number of aliphatic carboxylic acids is 1. The Morgan fingerprint density at radius 3 is 2.59 bits per heavy atom. The molecule has 122 valence electrons. The minimum atomic E-state index is -0.920. The summed E-state index contributed by atoms with van der Waals surface area (Å²) >= 11 is 0. The third-order valence-electron chi connectivity index (χ3n) is 2.94. The Balaban J connectivity index is 2.63. The van der Waals surface area contributed by atoms with Gasteiger partial charge in [0, 0.05) is 19.9 Å². The van der Waals surface area contributed by atoms with Crippen molar-refractivity contribution < 1.29 is 19.4 Å². The van der Waals surface area contributed by atoms with E-state index in [0.717, 1.165) is 0 Å². The summed E-state index contributed by atoms with van der Waals surface area (Å²) in [5.74, 6) is -0.481. The Labute approximate surface area is 130 Å². The molecule has 0 bridgehead atoms. The number of amides is 1. The van der Waals surface area contributed by atoms with Crippen LogP contribution >= 0.6 is 0 Å². The summed E-state index contributed by atoms with van der Waals surface area (Å²) < 4.78 is 4.85. The Bertz CT molecular complexity index is 488.